The second-order valence-corrected chi connectivity index (χ2v) is 10.3. The summed E-state index contributed by atoms with van der Waals surface area (Å²) in [5.74, 6) is 2.13. The summed E-state index contributed by atoms with van der Waals surface area (Å²) in [5.41, 5.74) is 2.68. The Labute approximate surface area is 205 Å². The summed E-state index contributed by atoms with van der Waals surface area (Å²) in [6.45, 7) is 9.09. The van der Waals surface area contributed by atoms with Gasteiger partial charge in [-0.25, -0.2) is 9.78 Å². The molecule has 2 N–H and O–H groups in total. The maximum Gasteiger partial charge on any atom is 0.410 e. The van der Waals surface area contributed by atoms with E-state index < -0.39 is 5.60 Å². The molecule has 184 valence electrons. The smallest absolute Gasteiger partial charge is 0.410 e. The fourth-order valence-electron chi connectivity index (χ4n) is 4.77. The molecule has 2 fully saturated rings. The molecule has 9 heteroatoms. The van der Waals surface area contributed by atoms with Gasteiger partial charge in [0, 0.05) is 37.3 Å². The topological polar surface area (TPSA) is 99.3 Å². The van der Waals surface area contributed by atoms with Gasteiger partial charge in [0.25, 0.3) is 0 Å². The van der Waals surface area contributed by atoms with Gasteiger partial charge in [-0.15, -0.1) is 0 Å². The number of H-pyrrole nitrogens is 1. The highest BCUT2D eigenvalue weighted by atomic mass is 16.6. The number of hydrogen-bond donors (Lipinski definition) is 2. The van der Waals surface area contributed by atoms with E-state index in [0.29, 0.717) is 31.3 Å². The molecule has 2 bridgehead atoms. The minimum atomic E-state index is -0.502. The van der Waals surface area contributed by atoms with Gasteiger partial charge in [0.15, 0.2) is 5.82 Å². The van der Waals surface area contributed by atoms with Crippen LogP contribution in [0.2, 0.25) is 0 Å². The zero-order valence-corrected chi connectivity index (χ0v) is 20.8. The fraction of sp³-hybridized carbons (Fsp3) is 0.462. The third kappa shape index (κ3) is 5.23. The van der Waals surface area contributed by atoms with Crippen molar-refractivity contribution in [1.82, 2.24) is 25.1 Å². The lowest BCUT2D eigenvalue weighted by atomic mass is 10.1. The lowest BCUT2D eigenvalue weighted by Crippen LogP contribution is -2.50. The number of carbonyl (C=O) groups excluding carboxylic acids is 1. The number of likely N-dealkylation sites (tertiary alicyclic amines) is 1. The van der Waals surface area contributed by atoms with E-state index in [9.17, 15) is 4.79 Å². The van der Waals surface area contributed by atoms with Gasteiger partial charge >= 0.3 is 6.09 Å². The Bertz CT molecular complexity index is 1190. The molecular formula is C26H33N7O2. The Morgan fingerprint density at radius 2 is 1.91 bits per heavy atom. The van der Waals surface area contributed by atoms with Crippen LogP contribution < -0.4 is 10.2 Å². The van der Waals surface area contributed by atoms with Crippen LogP contribution in [0, 0.1) is 0 Å². The molecule has 0 saturated carbocycles. The first kappa shape index (κ1) is 23.1. The number of anilines is 3. The van der Waals surface area contributed by atoms with E-state index in [2.05, 4.69) is 39.5 Å². The normalized spacial score (nSPS) is 19.3. The number of ether oxygens (including phenoxy) is 1. The van der Waals surface area contributed by atoms with Gasteiger partial charge in [-0.05, 0) is 39.2 Å². The molecule has 2 saturated heterocycles. The van der Waals surface area contributed by atoms with E-state index in [-0.39, 0.29) is 18.2 Å². The number of aryl methyl sites for hydroxylation is 1. The lowest BCUT2D eigenvalue weighted by molar-refractivity contribution is 0.0214. The van der Waals surface area contributed by atoms with Crippen LogP contribution in [0.3, 0.4) is 0 Å². The van der Waals surface area contributed by atoms with Crippen LogP contribution >= 0.6 is 0 Å². The zero-order chi connectivity index (χ0) is 24.6. The highest BCUT2D eigenvalue weighted by molar-refractivity contribution is 5.70. The van der Waals surface area contributed by atoms with Gasteiger partial charge in [-0.2, -0.15) is 10.1 Å². The number of piperazine rings is 1. The van der Waals surface area contributed by atoms with Crippen molar-refractivity contribution >= 4 is 23.7 Å². The van der Waals surface area contributed by atoms with Gasteiger partial charge in [0.05, 0.1) is 17.8 Å². The molecule has 4 heterocycles. The number of rotatable bonds is 6. The summed E-state index contributed by atoms with van der Waals surface area (Å²) in [6, 6.07) is 14.6. The predicted molar refractivity (Wildman–Crippen MR) is 135 cm³/mol. The van der Waals surface area contributed by atoms with Crippen LogP contribution in [-0.4, -0.2) is 61.9 Å². The highest BCUT2D eigenvalue weighted by Crippen LogP contribution is 2.35. The number of benzene rings is 1. The Morgan fingerprint density at radius 1 is 1.11 bits per heavy atom. The molecule has 2 aromatic heterocycles. The van der Waals surface area contributed by atoms with Crippen molar-refractivity contribution in [1.29, 1.82) is 0 Å². The molecule has 3 aromatic rings. The number of nitrogens with zero attached hydrogens (tertiary/aromatic N) is 5. The van der Waals surface area contributed by atoms with E-state index in [0.717, 1.165) is 30.0 Å². The summed E-state index contributed by atoms with van der Waals surface area (Å²) in [4.78, 5) is 26.5. The number of hydrogen-bond acceptors (Lipinski definition) is 7. The summed E-state index contributed by atoms with van der Waals surface area (Å²) in [7, 11) is 0. The molecule has 2 aliphatic heterocycles. The van der Waals surface area contributed by atoms with Crippen LogP contribution in [-0.2, 0) is 17.6 Å². The molecule has 9 nitrogen and oxygen atoms in total. The number of fused-ring (bicyclic) bond motifs is 2. The van der Waals surface area contributed by atoms with Gasteiger partial charge < -0.3 is 19.9 Å². The second-order valence-electron chi connectivity index (χ2n) is 10.3. The fourth-order valence-corrected chi connectivity index (χ4v) is 4.77. The molecule has 5 rings (SSSR count). The van der Waals surface area contributed by atoms with Crippen molar-refractivity contribution in [2.75, 3.05) is 23.3 Å². The number of aromatic nitrogens is 4. The van der Waals surface area contributed by atoms with Crippen molar-refractivity contribution in [2.45, 2.75) is 64.6 Å². The molecule has 35 heavy (non-hydrogen) atoms. The first-order valence-corrected chi connectivity index (χ1v) is 12.3. The van der Waals surface area contributed by atoms with Crippen LogP contribution in [0.1, 0.15) is 51.1 Å². The Morgan fingerprint density at radius 3 is 2.57 bits per heavy atom. The van der Waals surface area contributed by atoms with E-state index in [1.807, 2.05) is 56.0 Å². The summed E-state index contributed by atoms with van der Waals surface area (Å²) >= 11 is 0. The molecule has 2 atom stereocenters. The van der Waals surface area contributed by atoms with Crippen molar-refractivity contribution < 1.29 is 9.53 Å². The van der Waals surface area contributed by atoms with Crippen LogP contribution in [0.5, 0.6) is 0 Å². The molecule has 1 amide bonds. The first-order valence-electron chi connectivity index (χ1n) is 12.3. The molecule has 0 radical (unpaired) electrons. The van der Waals surface area contributed by atoms with Crippen molar-refractivity contribution in [3.8, 4) is 0 Å². The van der Waals surface area contributed by atoms with E-state index in [1.165, 1.54) is 5.56 Å². The maximum absolute atomic E-state index is 12.7. The minimum absolute atomic E-state index is 0.103. The largest absolute Gasteiger partial charge is 0.444 e. The third-order valence-electron chi connectivity index (χ3n) is 6.39. The Kier molecular flexibility index (Phi) is 6.08. The molecule has 0 unspecified atom stereocenters. The monoisotopic (exact) mass is 475 g/mol. The Hall–Kier alpha value is -3.62. The van der Waals surface area contributed by atoms with Crippen molar-refractivity contribution in [3.63, 3.8) is 0 Å². The van der Waals surface area contributed by atoms with Crippen molar-refractivity contribution in [2.24, 2.45) is 0 Å². The van der Waals surface area contributed by atoms with Crippen molar-refractivity contribution in [3.05, 3.63) is 59.4 Å². The van der Waals surface area contributed by atoms with Crippen LogP contribution in [0.25, 0.3) is 0 Å². The number of carbonyl (C=O) groups is 1. The van der Waals surface area contributed by atoms with Gasteiger partial charge in [-0.1, -0.05) is 37.3 Å². The van der Waals surface area contributed by atoms with Crippen LogP contribution in [0.4, 0.5) is 22.4 Å². The first-order chi connectivity index (χ1) is 16.8. The van der Waals surface area contributed by atoms with E-state index in [4.69, 9.17) is 14.7 Å². The summed E-state index contributed by atoms with van der Waals surface area (Å²) < 4.78 is 5.61. The standard InChI is InChI=1S/C26H33N7O2/c1-5-18-12-23(31-30-18)28-22-13-19(11-17-9-7-6-8-10-17)27-24(29-22)32-15-21-14-20(32)16-33(21)25(34)35-26(2,3)4/h6-10,12-13,20-21H,5,11,14-16H2,1-4H3,(H2,27,28,29,30,31)/t20-,21-/m0/s1. The average molecular weight is 476 g/mol. The number of nitrogens with one attached hydrogen (secondary N) is 2. The average Bonchev–Trinajstić information content (AvgIpc) is 3.54. The quantitative estimate of drug-likeness (QED) is 0.548. The third-order valence-corrected chi connectivity index (χ3v) is 6.39. The molecule has 0 aliphatic carbocycles. The molecule has 1 aromatic carbocycles. The van der Waals surface area contributed by atoms with Gasteiger partial charge in [0.1, 0.15) is 11.4 Å². The Balaban J connectivity index is 1.38. The van der Waals surface area contributed by atoms with Gasteiger partial charge in [0.2, 0.25) is 5.95 Å². The molecule has 2 aliphatic rings. The number of amides is 1. The lowest BCUT2D eigenvalue weighted by Gasteiger charge is -2.35. The SMILES string of the molecule is CCc1cc(Nc2cc(Cc3ccccc3)nc(N3C[C@@H]4C[C@H]3CN4C(=O)OC(C)(C)C)n2)n[nH]1. The molecular weight excluding hydrogens is 442 g/mol. The number of aromatic amines is 1. The van der Waals surface area contributed by atoms with Crippen LogP contribution in [0.15, 0.2) is 42.5 Å². The minimum Gasteiger partial charge on any atom is -0.444 e. The summed E-state index contributed by atoms with van der Waals surface area (Å²) in [5, 5.41) is 10.7. The maximum atomic E-state index is 12.7. The predicted octanol–water partition coefficient (Wildman–Crippen LogP) is 4.29. The zero-order valence-electron chi connectivity index (χ0n) is 20.8. The van der Waals surface area contributed by atoms with E-state index >= 15 is 0 Å². The highest BCUT2D eigenvalue weighted by Gasteiger charge is 2.47. The molecule has 0 spiro atoms. The summed E-state index contributed by atoms with van der Waals surface area (Å²) in [6.07, 6.45) is 2.25. The second kappa shape index (κ2) is 9.20. The van der Waals surface area contributed by atoms with Gasteiger partial charge in [-0.3, -0.25) is 5.10 Å². The van der Waals surface area contributed by atoms with E-state index in [1.54, 1.807) is 0 Å².